The lowest BCUT2D eigenvalue weighted by Gasteiger charge is -2.24. The van der Waals surface area contributed by atoms with E-state index >= 15 is 0 Å². The summed E-state index contributed by atoms with van der Waals surface area (Å²) in [6.07, 6.45) is 2.58. The van der Waals surface area contributed by atoms with E-state index in [1.165, 1.54) is 11.1 Å². The highest BCUT2D eigenvalue weighted by Gasteiger charge is 2.27. The van der Waals surface area contributed by atoms with Crippen molar-refractivity contribution in [2.45, 2.75) is 53.6 Å². The molecule has 2 heteroatoms. The van der Waals surface area contributed by atoms with E-state index in [2.05, 4.69) is 58.1 Å². The second-order valence-electron chi connectivity index (χ2n) is 7.35. The van der Waals surface area contributed by atoms with Gasteiger partial charge in [0.1, 0.15) is 11.9 Å². The number of benzene rings is 1. The molecule has 2 atom stereocenters. The third-order valence-electron chi connectivity index (χ3n) is 4.42. The van der Waals surface area contributed by atoms with E-state index in [0.717, 1.165) is 31.7 Å². The molecular formula is C19H31NO. The van der Waals surface area contributed by atoms with Crippen molar-refractivity contribution in [1.29, 1.82) is 0 Å². The molecule has 1 heterocycles. The van der Waals surface area contributed by atoms with Crippen molar-refractivity contribution in [3.05, 3.63) is 29.3 Å². The van der Waals surface area contributed by atoms with Crippen molar-refractivity contribution in [2.75, 3.05) is 13.1 Å². The lowest BCUT2D eigenvalue weighted by molar-refractivity contribution is 0.172. The Balaban J connectivity index is 1.87. The number of fused-ring (bicyclic) bond motifs is 1. The van der Waals surface area contributed by atoms with E-state index in [1.807, 2.05) is 0 Å². The minimum absolute atomic E-state index is 0.357. The number of aryl methyl sites for hydroxylation is 1. The highest BCUT2D eigenvalue weighted by Crippen LogP contribution is 2.33. The van der Waals surface area contributed by atoms with Gasteiger partial charge in [0.2, 0.25) is 0 Å². The van der Waals surface area contributed by atoms with Gasteiger partial charge in [-0.2, -0.15) is 0 Å². The van der Waals surface area contributed by atoms with E-state index in [-0.39, 0.29) is 0 Å². The molecule has 1 aromatic carbocycles. The molecule has 0 saturated heterocycles. The summed E-state index contributed by atoms with van der Waals surface area (Å²) in [7, 11) is 0. The number of nitrogens with one attached hydrogen (secondary N) is 1. The van der Waals surface area contributed by atoms with Gasteiger partial charge in [0.25, 0.3) is 0 Å². The first-order chi connectivity index (χ1) is 9.95. The zero-order valence-corrected chi connectivity index (χ0v) is 14.3. The molecule has 0 bridgehead atoms. The Bertz CT molecular complexity index is 453. The second-order valence-corrected chi connectivity index (χ2v) is 7.35. The van der Waals surface area contributed by atoms with Gasteiger partial charge in [0.05, 0.1) is 0 Å². The maximum atomic E-state index is 6.14. The smallest absolute Gasteiger partial charge is 0.123 e. The second kappa shape index (κ2) is 7.31. The largest absolute Gasteiger partial charge is 0.490 e. The lowest BCUT2D eigenvalue weighted by Crippen LogP contribution is -2.32. The van der Waals surface area contributed by atoms with Crippen LogP contribution < -0.4 is 10.1 Å². The van der Waals surface area contributed by atoms with Crippen LogP contribution in [-0.4, -0.2) is 19.2 Å². The lowest BCUT2D eigenvalue weighted by atomic mass is 9.88. The third-order valence-corrected chi connectivity index (χ3v) is 4.42. The Morgan fingerprint density at radius 1 is 1.19 bits per heavy atom. The maximum Gasteiger partial charge on any atom is 0.123 e. The number of rotatable bonds is 7. The normalized spacial score (nSPS) is 18.9. The summed E-state index contributed by atoms with van der Waals surface area (Å²) < 4.78 is 6.14. The summed E-state index contributed by atoms with van der Waals surface area (Å²) >= 11 is 0. The zero-order chi connectivity index (χ0) is 15.4. The number of hydrogen-bond acceptors (Lipinski definition) is 2. The SMILES string of the molecule is Cc1ccc2c(c1)CC(CC(CNCC(C)C)C(C)C)O2. The highest BCUT2D eigenvalue weighted by molar-refractivity contribution is 5.40. The van der Waals surface area contributed by atoms with Gasteiger partial charge in [-0.05, 0) is 55.8 Å². The van der Waals surface area contributed by atoms with E-state index < -0.39 is 0 Å². The molecular weight excluding hydrogens is 258 g/mol. The molecule has 2 rings (SSSR count). The molecule has 1 aliphatic rings. The fourth-order valence-corrected chi connectivity index (χ4v) is 3.07. The van der Waals surface area contributed by atoms with Crippen LogP contribution >= 0.6 is 0 Å². The van der Waals surface area contributed by atoms with Crippen LogP contribution in [0.4, 0.5) is 0 Å². The van der Waals surface area contributed by atoms with E-state index in [1.54, 1.807) is 0 Å². The van der Waals surface area contributed by atoms with Crippen molar-refractivity contribution in [1.82, 2.24) is 5.32 Å². The molecule has 0 fully saturated rings. The average molecular weight is 289 g/mol. The standard InChI is InChI=1S/C19H31NO/c1-13(2)11-20-12-17(14(3)4)10-18-9-16-8-15(5)6-7-19(16)21-18/h6-8,13-14,17-18,20H,9-12H2,1-5H3. The zero-order valence-electron chi connectivity index (χ0n) is 14.3. The summed E-state index contributed by atoms with van der Waals surface area (Å²) in [6.45, 7) is 13.5. The van der Waals surface area contributed by atoms with E-state index in [4.69, 9.17) is 4.74 Å². The van der Waals surface area contributed by atoms with Crippen LogP contribution in [0.5, 0.6) is 5.75 Å². The molecule has 1 aromatic rings. The van der Waals surface area contributed by atoms with Crippen LogP contribution in [-0.2, 0) is 6.42 Å². The van der Waals surface area contributed by atoms with Gasteiger partial charge in [0, 0.05) is 6.42 Å². The summed E-state index contributed by atoms with van der Waals surface area (Å²) in [5.74, 6) is 3.19. The van der Waals surface area contributed by atoms with Crippen molar-refractivity contribution in [2.24, 2.45) is 17.8 Å². The Kier molecular flexibility index (Phi) is 5.69. The minimum atomic E-state index is 0.357. The van der Waals surface area contributed by atoms with Crippen molar-refractivity contribution >= 4 is 0 Å². The van der Waals surface area contributed by atoms with Crippen molar-refractivity contribution in [3.63, 3.8) is 0 Å². The van der Waals surface area contributed by atoms with Crippen LogP contribution in [0.1, 0.15) is 45.2 Å². The summed E-state index contributed by atoms with van der Waals surface area (Å²) in [5.41, 5.74) is 2.72. The van der Waals surface area contributed by atoms with E-state index in [0.29, 0.717) is 23.9 Å². The Hall–Kier alpha value is -1.02. The Morgan fingerprint density at radius 3 is 2.62 bits per heavy atom. The van der Waals surface area contributed by atoms with Crippen molar-refractivity contribution in [3.8, 4) is 5.75 Å². The summed E-state index contributed by atoms with van der Waals surface area (Å²) in [5, 5.41) is 3.61. The molecule has 0 amide bonds. The molecule has 21 heavy (non-hydrogen) atoms. The third kappa shape index (κ3) is 4.74. The monoisotopic (exact) mass is 289 g/mol. The predicted molar refractivity (Wildman–Crippen MR) is 90.0 cm³/mol. The highest BCUT2D eigenvalue weighted by atomic mass is 16.5. The van der Waals surface area contributed by atoms with Crippen LogP contribution in [0.3, 0.4) is 0 Å². The van der Waals surface area contributed by atoms with Crippen LogP contribution in [0.15, 0.2) is 18.2 Å². The Labute approximate surface area is 130 Å². The first-order valence-electron chi connectivity index (χ1n) is 8.42. The van der Waals surface area contributed by atoms with Gasteiger partial charge in [0.15, 0.2) is 0 Å². The van der Waals surface area contributed by atoms with Gasteiger partial charge in [-0.1, -0.05) is 45.4 Å². The molecule has 118 valence electrons. The van der Waals surface area contributed by atoms with Gasteiger partial charge >= 0.3 is 0 Å². The molecule has 2 nitrogen and oxygen atoms in total. The van der Waals surface area contributed by atoms with Gasteiger partial charge < -0.3 is 10.1 Å². The first-order valence-corrected chi connectivity index (χ1v) is 8.42. The van der Waals surface area contributed by atoms with Crippen LogP contribution in [0, 0.1) is 24.7 Å². The van der Waals surface area contributed by atoms with Gasteiger partial charge in [-0.25, -0.2) is 0 Å². The predicted octanol–water partition coefficient (Wildman–Crippen LogP) is 4.21. The molecule has 0 aromatic heterocycles. The molecule has 0 radical (unpaired) electrons. The summed E-state index contributed by atoms with van der Waals surface area (Å²) in [6, 6.07) is 6.55. The van der Waals surface area contributed by atoms with Crippen LogP contribution in [0.2, 0.25) is 0 Å². The van der Waals surface area contributed by atoms with Crippen molar-refractivity contribution < 1.29 is 4.74 Å². The molecule has 1 aliphatic heterocycles. The molecule has 0 saturated carbocycles. The number of hydrogen-bond donors (Lipinski definition) is 1. The summed E-state index contributed by atoms with van der Waals surface area (Å²) in [4.78, 5) is 0. The fraction of sp³-hybridized carbons (Fsp3) is 0.684. The topological polar surface area (TPSA) is 21.3 Å². The molecule has 2 unspecified atom stereocenters. The quantitative estimate of drug-likeness (QED) is 0.812. The van der Waals surface area contributed by atoms with Gasteiger partial charge in [-0.3, -0.25) is 0 Å². The first kappa shape index (κ1) is 16.4. The molecule has 1 N–H and O–H groups in total. The van der Waals surface area contributed by atoms with Crippen LogP contribution in [0.25, 0.3) is 0 Å². The Morgan fingerprint density at radius 2 is 1.95 bits per heavy atom. The molecule has 0 spiro atoms. The average Bonchev–Trinajstić information content (AvgIpc) is 2.78. The number of ether oxygens (including phenoxy) is 1. The maximum absolute atomic E-state index is 6.14. The van der Waals surface area contributed by atoms with Gasteiger partial charge in [-0.15, -0.1) is 0 Å². The minimum Gasteiger partial charge on any atom is -0.490 e. The molecule has 0 aliphatic carbocycles. The fourth-order valence-electron chi connectivity index (χ4n) is 3.07. The van der Waals surface area contributed by atoms with E-state index in [9.17, 15) is 0 Å².